The van der Waals surface area contributed by atoms with Crippen molar-refractivity contribution in [1.82, 2.24) is 9.97 Å². The van der Waals surface area contributed by atoms with E-state index in [0.29, 0.717) is 5.92 Å². The Hall–Kier alpha value is -1.90. The fraction of sp³-hybridized carbons (Fsp3) is 0.375. The molecule has 19 heavy (non-hydrogen) atoms. The molecule has 1 atom stereocenters. The lowest BCUT2D eigenvalue weighted by molar-refractivity contribution is 0.807. The van der Waals surface area contributed by atoms with Crippen molar-refractivity contribution in [1.29, 1.82) is 0 Å². The number of aryl methyl sites for hydroxylation is 1. The van der Waals surface area contributed by atoms with Crippen LogP contribution in [0.2, 0.25) is 0 Å². The van der Waals surface area contributed by atoms with Gasteiger partial charge in [-0.05, 0) is 37.5 Å². The van der Waals surface area contributed by atoms with Gasteiger partial charge in [-0.15, -0.1) is 0 Å². The minimum absolute atomic E-state index is 0.149. The third-order valence-corrected chi connectivity index (χ3v) is 3.27. The molecule has 0 aliphatic rings. The van der Waals surface area contributed by atoms with E-state index in [1.54, 1.807) is 12.4 Å². The van der Waals surface area contributed by atoms with Crippen LogP contribution in [0.15, 0.2) is 36.7 Å². The van der Waals surface area contributed by atoms with Gasteiger partial charge in [0, 0.05) is 18.1 Å². The Kier molecular flexibility index (Phi) is 4.15. The van der Waals surface area contributed by atoms with Crippen LogP contribution in [0.4, 0.5) is 5.69 Å². The molecule has 1 aromatic carbocycles. The molecule has 1 N–H and O–H groups in total. The molecule has 0 radical (unpaired) electrons. The summed E-state index contributed by atoms with van der Waals surface area (Å²) >= 11 is 0. The third-order valence-electron chi connectivity index (χ3n) is 3.27. The molecule has 2 rings (SSSR count). The van der Waals surface area contributed by atoms with E-state index in [0.717, 1.165) is 17.1 Å². The average Bonchev–Trinajstić information content (AvgIpc) is 2.39. The first-order valence-corrected chi connectivity index (χ1v) is 6.72. The molecule has 100 valence electrons. The fourth-order valence-corrected chi connectivity index (χ4v) is 2.15. The summed E-state index contributed by atoms with van der Waals surface area (Å²) in [7, 11) is 0. The van der Waals surface area contributed by atoms with Gasteiger partial charge in [-0.2, -0.15) is 0 Å². The number of hydrogen-bond acceptors (Lipinski definition) is 3. The minimum atomic E-state index is 0.149. The molecule has 0 saturated heterocycles. The zero-order valence-electron chi connectivity index (χ0n) is 12.0. The van der Waals surface area contributed by atoms with Gasteiger partial charge in [-0.1, -0.05) is 26.0 Å². The normalized spacial score (nSPS) is 12.5. The number of anilines is 1. The first-order chi connectivity index (χ1) is 9.08. The van der Waals surface area contributed by atoms with E-state index in [4.69, 9.17) is 0 Å². The monoisotopic (exact) mass is 255 g/mol. The second-order valence-electron chi connectivity index (χ2n) is 5.17. The van der Waals surface area contributed by atoms with Crippen molar-refractivity contribution in [3.8, 4) is 0 Å². The highest BCUT2D eigenvalue weighted by molar-refractivity contribution is 5.48. The van der Waals surface area contributed by atoms with Gasteiger partial charge in [0.1, 0.15) is 0 Å². The smallest absolute Gasteiger partial charge is 0.0835 e. The maximum Gasteiger partial charge on any atom is 0.0835 e. The number of rotatable bonds is 4. The molecule has 2 aromatic rings. The molecular weight excluding hydrogens is 234 g/mol. The van der Waals surface area contributed by atoms with Crippen LogP contribution in [0.25, 0.3) is 0 Å². The third kappa shape index (κ3) is 3.31. The van der Waals surface area contributed by atoms with Crippen molar-refractivity contribution >= 4 is 5.69 Å². The second kappa shape index (κ2) is 5.83. The van der Waals surface area contributed by atoms with Crippen molar-refractivity contribution in [3.63, 3.8) is 0 Å². The summed E-state index contributed by atoms with van der Waals surface area (Å²) in [5.74, 6) is 0.537. The summed E-state index contributed by atoms with van der Waals surface area (Å²) in [5.41, 5.74) is 4.44. The molecule has 3 nitrogen and oxygen atoms in total. The zero-order chi connectivity index (χ0) is 13.8. The van der Waals surface area contributed by atoms with Gasteiger partial charge in [0.25, 0.3) is 0 Å². The molecule has 0 fully saturated rings. The van der Waals surface area contributed by atoms with Crippen LogP contribution in [-0.2, 0) is 0 Å². The summed E-state index contributed by atoms with van der Waals surface area (Å²) in [6, 6.07) is 8.69. The fourth-order valence-electron chi connectivity index (χ4n) is 2.15. The minimum Gasteiger partial charge on any atom is -0.377 e. The summed E-state index contributed by atoms with van der Waals surface area (Å²) in [5, 5.41) is 3.49. The number of benzene rings is 1. The molecular formula is C16H21N3. The zero-order valence-corrected chi connectivity index (χ0v) is 12.0. The summed E-state index contributed by atoms with van der Waals surface area (Å²) < 4.78 is 0. The van der Waals surface area contributed by atoms with Gasteiger partial charge in [0.15, 0.2) is 0 Å². The van der Waals surface area contributed by atoms with Crippen molar-refractivity contribution in [2.24, 2.45) is 0 Å². The molecule has 0 aliphatic carbocycles. The highest BCUT2D eigenvalue weighted by Crippen LogP contribution is 2.22. The Morgan fingerprint density at radius 3 is 2.47 bits per heavy atom. The predicted molar refractivity (Wildman–Crippen MR) is 79.3 cm³/mol. The first-order valence-electron chi connectivity index (χ1n) is 6.72. The van der Waals surface area contributed by atoms with E-state index < -0.39 is 0 Å². The maximum absolute atomic E-state index is 4.41. The van der Waals surface area contributed by atoms with E-state index in [9.17, 15) is 0 Å². The SMILES string of the molecule is Cc1nccnc1C(C)Nc1cccc(C(C)C)c1. The largest absolute Gasteiger partial charge is 0.377 e. The van der Waals surface area contributed by atoms with E-state index in [2.05, 4.69) is 60.3 Å². The Labute approximate surface area is 115 Å². The average molecular weight is 255 g/mol. The number of aromatic nitrogens is 2. The molecule has 0 saturated carbocycles. The number of nitrogens with one attached hydrogen (secondary N) is 1. The standard InChI is InChI=1S/C16H21N3/c1-11(2)14-6-5-7-15(10-14)19-13(4)16-12(3)17-8-9-18-16/h5-11,13,19H,1-4H3. The Morgan fingerprint density at radius 2 is 1.79 bits per heavy atom. The Balaban J connectivity index is 2.17. The molecule has 0 amide bonds. The molecule has 0 spiro atoms. The van der Waals surface area contributed by atoms with E-state index >= 15 is 0 Å². The van der Waals surface area contributed by atoms with Gasteiger partial charge < -0.3 is 5.32 Å². The lowest BCUT2D eigenvalue weighted by Crippen LogP contribution is -2.11. The van der Waals surface area contributed by atoms with Crippen molar-refractivity contribution in [2.75, 3.05) is 5.32 Å². The van der Waals surface area contributed by atoms with Crippen LogP contribution >= 0.6 is 0 Å². The topological polar surface area (TPSA) is 37.8 Å². The second-order valence-corrected chi connectivity index (χ2v) is 5.17. The van der Waals surface area contributed by atoms with Crippen LogP contribution in [0, 0.1) is 6.92 Å². The van der Waals surface area contributed by atoms with Crippen LogP contribution in [-0.4, -0.2) is 9.97 Å². The molecule has 0 aliphatic heterocycles. The number of hydrogen-bond donors (Lipinski definition) is 1. The lowest BCUT2D eigenvalue weighted by Gasteiger charge is -2.17. The van der Waals surface area contributed by atoms with E-state index in [1.807, 2.05) is 6.92 Å². The van der Waals surface area contributed by atoms with Crippen LogP contribution in [0.5, 0.6) is 0 Å². The Morgan fingerprint density at radius 1 is 1.05 bits per heavy atom. The predicted octanol–water partition coefficient (Wildman–Crippen LogP) is 4.08. The van der Waals surface area contributed by atoms with Crippen LogP contribution in [0.1, 0.15) is 49.7 Å². The lowest BCUT2D eigenvalue weighted by atomic mass is 10.0. The summed E-state index contributed by atoms with van der Waals surface area (Å²) in [4.78, 5) is 8.69. The quantitative estimate of drug-likeness (QED) is 0.894. The molecule has 0 bridgehead atoms. The highest BCUT2D eigenvalue weighted by atomic mass is 15.0. The van der Waals surface area contributed by atoms with Gasteiger partial charge in [-0.25, -0.2) is 0 Å². The van der Waals surface area contributed by atoms with Gasteiger partial charge in [0.2, 0.25) is 0 Å². The molecule has 1 heterocycles. The van der Waals surface area contributed by atoms with Gasteiger partial charge >= 0.3 is 0 Å². The summed E-state index contributed by atoms with van der Waals surface area (Å²) in [6.45, 7) is 8.51. The van der Waals surface area contributed by atoms with Gasteiger partial charge in [0.05, 0.1) is 17.4 Å². The van der Waals surface area contributed by atoms with Crippen LogP contribution in [0.3, 0.4) is 0 Å². The number of nitrogens with zero attached hydrogens (tertiary/aromatic N) is 2. The molecule has 3 heteroatoms. The maximum atomic E-state index is 4.41. The van der Waals surface area contributed by atoms with Crippen molar-refractivity contribution in [2.45, 2.75) is 39.7 Å². The Bertz CT molecular complexity index is 549. The van der Waals surface area contributed by atoms with Crippen LogP contribution < -0.4 is 5.32 Å². The van der Waals surface area contributed by atoms with E-state index in [-0.39, 0.29) is 6.04 Å². The highest BCUT2D eigenvalue weighted by Gasteiger charge is 2.10. The first kappa shape index (κ1) is 13.5. The van der Waals surface area contributed by atoms with E-state index in [1.165, 1.54) is 5.56 Å². The summed E-state index contributed by atoms with van der Waals surface area (Å²) in [6.07, 6.45) is 3.47. The van der Waals surface area contributed by atoms with Gasteiger partial charge in [-0.3, -0.25) is 9.97 Å². The molecule has 1 unspecified atom stereocenters. The van der Waals surface area contributed by atoms with Crippen molar-refractivity contribution < 1.29 is 0 Å². The van der Waals surface area contributed by atoms with Crippen molar-refractivity contribution in [3.05, 3.63) is 53.6 Å². The molecule has 1 aromatic heterocycles.